The third-order valence-electron chi connectivity index (χ3n) is 4.81. The van der Waals surface area contributed by atoms with E-state index in [0.717, 1.165) is 31.3 Å². The molecular weight excluding hydrogens is 503 g/mol. The van der Waals surface area contributed by atoms with Gasteiger partial charge in [-0.2, -0.15) is 0 Å². The lowest BCUT2D eigenvalue weighted by atomic mass is 10.1. The number of aromatic nitrogens is 3. The van der Waals surface area contributed by atoms with Gasteiger partial charge in [-0.1, -0.05) is 61.5 Å². The Kier molecular flexibility index (Phi) is 11.0. The molecule has 0 aliphatic carbocycles. The summed E-state index contributed by atoms with van der Waals surface area (Å²) >= 11 is 0. The van der Waals surface area contributed by atoms with Crippen LogP contribution in [0.5, 0.6) is 0 Å². The maximum absolute atomic E-state index is 5.92. The molecule has 2 aromatic carbocycles. The Bertz CT molecular complexity index is 929. The quantitative estimate of drug-likeness (QED) is 0.237. The summed E-state index contributed by atoms with van der Waals surface area (Å²) in [5.41, 5.74) is 3.55. The zero-order valence-electron chi connectivity index (χ0n) is 18.1. The maximum Gasteiger partial charge on any atom is 0.191 e. The van der Waals surface area contributed by atoms with Crippen LogP contribution in [0.3, 0.4) is 0 Å². The zero-order valence-corrected chi connectivity index (χ0v) is 20.5. The van der Waals surface area contributed by atoms with Crippen molar-refractivity contribution in [2.24, 2.45) is 4.99 Å². The summed E-state index contributed by atoms with van der Waals surface area (Å²) < 4.78 is 7.97. The fraction of sp³-hybridized carbons (Fsp3) is 0.348. The Balaban J connectivity index is 0.00000341. The molecule has 1 heterocycles. The van der Waals surface area contributed by atoms with Crippen molar-refractivity contribution in [3.8, 4) is 0 Å². The van der Waals surface area contributed by atoms with Crippen LogP contribution in [0.25, 0.3) is 0 Å². The first-order valence-electron chi connectivity index (χ1n) is 10.3. The van der Waals surface area contributed by atoms with Gasteiger partial charge in [0.25, 0.3) is 0 Å². The van der Waals surface area contributed by atoms with Crippen LogP contribution in [-0.4, -0.2) is 34.3 Å². The molecule has 2 N–H and O–H groups in total. The van der Waals surface area contributed by atoms with Crippen LogP contribution in [0.2, 0.25) is 0 Å². The van der Waals surface area contributed by atoms with Gasteiger partial charge in [0.1, 0.15) is 12.2 Å². The van der Waals surface area contributed by atoms with E-state index in [1.54, 1.807) is 13.4 Å². The summed E-state index contributed by atoms with van der Waals surface area (Å²) in [6.45, 7) is 5.47. The van der Waals surface area contributed by atoms with E-state index in [1.165, 1.54) is 16.7 Å². The molecule has 0 aliphatic rings. The van der Waals surface area contributed by atoms with E-state index in [-0.39, 0.29) is 24.0 Å². The lowest BCUT2D eigenvalue weighted by Crippen LogP contribution is -2.38. The monoisotopic (exact) mass is 534 g/mol. The summed E-state index contributed by atoms with van der Waals surface area (Å²) in [4.78, 5) is 4.32. The molecular formula is C23H31IN6O. The lowest BCUT2D eigenvalue weighted by Gasteiger charge is -2.15. The number of nitrogens with one attached hydrogen (secondary N) is 2. The van der Waals surface area contributed by atoms with Crippen molar-refractivity contribution in [3.05, 3.63) is 83.4 Å². The minimum atomic E-state index is 0. The smallest absolute Gasteiger partial charge is 0.191 e. The van der Waals surface area contributed by atoms with Crippen molar-refractivity contribution in [1.29, 1.82) is 0 Å². The van der Waals surface area contributed by atoms with Gasteiger partial charge in [0.2, 0.25) is 0 Å². The zero-order chi connectivity index (χ0) is 21.0. The molecule has 0 bridgehead atoms. The van der Waals surface area contributed by atoms with Gasteiger partial charge in [0, 0.05) is 33.1 Å². The molecule has 0 unspecified atom stereocenters. The highest BCUT2D eigenvalue weighted by molar-refractivity contribution is 14.0. The number of ether oxygens (including phenoxy) is 1. The summed E-state index contributed by atoms with van der Waals surface area (Å²) in [6, 6.07) is 18.5. The predicted molar refractivity (Wildman–Crippen MR) is 134 cm³/mol. The largest absolute Gasteiger partial charge is 0.372 e. The van der Waals surface area contributed by atoms with E-state index in [4.69, 9.17) is 4.74 Å². The first-order valence-corrected chi connectivity index (χ1v) is 10.3. The van der Waals surface area contributed by atoms with Crippen LogP contribution in [0.15, 0.2) is 65.9 Å². The highest BCUT2D eigenvalue weighted by Gasteiger charge is 2.05. The normalized spacial score (nSPS) is 11.1. The SMILES string of the molecule is CCc1nncn1CCNC(=NC)NCc1ccccc1COCc1ccccc1.I. The van der Waals surface area contributed by atoms with E-state index in [9.17, 15) is 0 Å². The minimum absolute atomic E-state index is 0. The van der Waals surface area contributed by atoms with Gasteiger partial charge in [-0.05, 0) is 16.7 Å². The number of hydrogen-bond donors (Lipinski definition) is 2. The third kappa shape index (κ3) is 7.95. The summed E-state index contributed by atoms with van der Waals surface area (Å²) in [5, 5.41) is 14.8. The molecule has 3 rings (SSSR count). The molecule has 3 aromatic rings. The van der Waals surface area contributed by atoms with Crippen LogP contribution in [-0.2, 0) is 37.5 Å². The average molecular weight is 534 g/mol. The predicted octanol–water partition coefficient (Wildman–Crippen LogP) is 3.54. The second kappa shape index (κ2) is 13.8. The number of rotatable bonds is 10. The molecule has 0 spiro atoms. The number of guanidine groups is 1. The Morgan fingerprint density at radius 3 is 2.48 bits per heavy atom. The number of benzene rings is 2. The van der Waals surface area contributed by atoms with Gasteiger partial charge in [0.05, 0.1) is 13.2 Å². The molecule has 0 radical (unpaired) electrons. The summed E-state index contributed by atoms with van der Waals surface area (Å²) in [5.74, 6) is 1.75. The van der Waals surface area contributed by atoms with Crippen LogP contribution >= 0.6 is 24.0 Å². The standard InChI is InChI=1S/C23H30N6O.HI/c1-3-22-28-27-18-29(22)14-13-25-23(24-2)26-15-20-11-7-8-12-21(20)17-30-16-19-9-5-4-6-10-19;/h4-12,18H,3,13-17H2,1-2H3,(H2,24,25,26);1H. The Morgan fingerprint density at radius 2 is 1.74 bits per heavy atom. The molecule has 31 heavy (non-hydrogen) atoms. The molecule has 0 fully saturated rings. The van der Waals surface area contributed by atoms with Crippen LogP contribution in [0.4, 0.5) is 0 Å². The van der Waals surface area contributed by atoms with Gasteiger partial charge in [-0.25, -0.2) is 0 Å². The highest BCUT2D eigenvalue weighted by Crippen LogP contribution is 2.11. The molecule has 1 aromatic heterocycles. The molecule has 0 aliphatic heterocycles. The Labute approximate surface area is 201 Å². The van der Waals surface area contributed by atoms with E-state index < -0.39 is 0 Å². The van der Waals surface area contributed by atoms with E-state index >= 15 is 0 Å². The molecule has 166 valence electrons. The second-order valence-corrected chi connectivity index (χ2v) is 6.89. The van der Waals surface area contributed by atoms with Gasteiger partial charge in [-0.15, -0.1) is 34.2 Å². The number of hydrogen-bond acceptors (Lipinski definition) is 4. The van der Waals surface area contributed by atoms with Gasteiger partial charge < -0.3 is 19.9 Å². The van der Waals surface area contributed by atoms with E-state index in [2.05, 4.69) is 61.6 Å². The van der Waals surface area contributed by atoms with E-state index in [0.29, 0.717) is 19.8 Å². The number of aliphatic imine (C=N–C) groups is 1. The van der Waals surface area contributed by atoms with Crippen molar-refractivity contribution >= 4 is 29.9 Å². The van der Waals surface area contributed by atoms with Crippen molar-refractivity contribution in [2.45, 2.75) is 39.6 Å². The molecule has 8 heteroatoms. The molecule has 7 nitrogen and oxygen atoms in total. The molecule has 0 saturated carbocycles. The summed E-state index contributed by atoms with van der Waals surface area (Å²) in [7, 11) is 1.78. The van der Waals surface area contributed by atoms with Gasteiger partial charge >= 0.3 is 0 Å². The highest BCUT2D eigenvalue weighted by atomic mass is 127. The fourth-order valence-corrected chi connectivity index (χ4v) is 3.16. The van der Waals surface area contributed by atoms with Crippen LogP contribution in [0, 0.1) is 0 Å². The van der Waals surface area contributed by atoms with Crippen LogP contribution in [0.1, 0.15) is 29.4 Å². The van der Waals surface area contributed by atoms with Gasteiger partial charge in [0.15, 0.2) is 5.96 Å². The van der Waals surface area contributed by atoms with Crippen molar-refractivity contribution in [1.82, 2.24) is 25.4 Å². The van der Waals surface area contributed by atoms with E-state index in [1.807, 2.05) is 30.3 Å². The van der Waals surface area contributed by atoms with Crippen LogP contribution < -0.4 is 10.6 Å². The maximum atomic E-state index is 5.92. The first kappa shape index (κ1) is 24.8. The second-order valence-electron chi connectivity index (χ2n) is 6.89. The fourth-order valence-electron chi connectivity index (χ4n) is 3.16. The average Bonchev–Trinajstić information content (AvgIpc) is 3.25. The molecule has 0 saturated heterocycles. The van der Waals surface area contributed by atoms with Crippen molar-refractivity contribution in [3.63, 3.8) is 0 Å². The van der Waals surface area contributed by atoms with Crippen molar-refractivity contribution in [2.75, 3.05) is 13.6 Å². The van der Waals surface area contributed by atoms with Crippen molar-refractivity contribution < 1.29 is 4.74 Å². The summed E-state index contributed by atoms with van der Waals surface area (Å²) in [6.07, 6.45) is 2.64. The lowest BCUT2D eigenvalue weighted by molar-refractivity contribution is 0.106. The minimum Gasteiger partial charge on any atom is -0.372 e. The van der Waals surface area contributed by atoms with Gasteiger partial charge in [-0.3, -0.25) is 4.99 Å². The number of nitrogens with zero attached hydrogens (tertiary/aromatic N) is 4. The topological polar surface area (TPSA) is 76.4 Å². The third-order valence-corrected chi connectivity index (χ3v) is 4.81. The number of aryl methyl sites for hydroxylation is 1. The Hall–Kier alpha value is -2.46. The first-order chi connectivity index (χ1) is 14.8. The Morgan fingerprint density at radius 1 is 1.00 bits per heavy atom. The molecule has 0 amide bonds. The molecule has 0 atom stereocenters. The number of halogens is 1.